The van der Waals surface area contributed by atoms with Crippen molar-refractivity contribution in [2.75, 3.05) is 11.8 Å². The van der Waals surface area contributed by atoms with Crippen LogP contribution in [0, 0.1) is 0 Å². The predicted molar refractivity (Wildman–Crippen MR) is 132 cm³/mol. The maximum atomic E-state index is 13.1. The van der Waals surface area contributed by atoms with Gasteiger partial charge >= 0.3 is 0 Å². The number of hydrogen-bond donors (Lipinski definition) is 2. The number of amides is 1. The molecule has 34 heavy (non-hydrogen) atoms. The average Bonchev–Trinajstić information content (AvgIpc) is 2.82. The summed E-state index contributed by atoms with van der Waals surface area (Å²) in [4.78, 5) is 25.8. The fourth-order valence-corrected chi connectivity index (χ4v) is 4.72. The zero-order valence-corrected chi connectivity index (χ0v) is 20.1. The van der Waals surface area contributed by atoms with Crippen molar-refractivity contribution in [3.05, 3.63) is 93.9 Å². The SMILES string of the molecule is CCCc1ccc(NS(=O)(=O)Cc2ccccc2)c(=O)n1CC(=O)NCc1cccc(OC)c1. The molecule has 0 saturated heterocycles. The Balaban J connectivity index is 1.76. The molecular weight excluding hydrogens is 454 g/mol. The van der Waals surface area contributed by atoms with E-state index in [1.165, 1.54) is 10.6 Å². The van der Waals surface area contributed by atoms with Crippen molar-refractivity contribution in [2.24, 2.45) is 0 Å². The third-order valence-corrected chi connectivity index (χ3v) is 6.41. The Labute approximate surface area is 199 Å². The maximum absolute atomic E-state index is 13.1. The molecule has 0 atom stereocenters. The van der Waals surface area contributed by atoms with Gasteiger partial charge in [-0.2, -0.15) is 0 Å². The summed E-state index contributed by atoms with van der Waals surface area (Å²) < 4.78 is 34.2. The van der Waals surface area contributed by atoms with Gasteiger partial charge in [0.15, 0.2) is 0 Å². The molecule has 180 valence electrons. The molecule has 0 spiro atoms. The normalized spacial score (nSPS) is 11.1. The van der Waals surface area contributed by atoms with Crippen LogP contribution >= 0.6 is 0 Å². The zero-order valence-electron chi connectivity index (χ0n) is 19.3. The van der Waals surface area contributed by atoms with Gasteiger partial charge in [0.05, 0.1) is 12.9 Å². The van der Waals surface area contributed by atoms with Crippen LogP contribution in [0.5, 0.6) is 5.75 Å². The van der Waals surface area contributed by atoms with E-state index in [0.717, 1.165) is 12.0 Å². The first-order valence-electron chi connectivity index (χ1n) is 11.0. The number of ether oxygens (including phenoxy) is 1. The van der Waals surface area contributed by atoms with E-state index in [9.17, 15) is 18.0 Å². The second kappa shape index (κ2) is 11.5. The fraction of sp³-hybridized carbons (Fsp3) is 0.280. The van der Waals surface area contributed by atoms with Gasteiger partial charge in [0.2, 0.25) is 15.9 Å². The Morgan fingerprint density at radius 1 is 1.00 bits per heavy atom. The van der Waals surface area contributed by atoms with Gasteiger partial charge in [-0.05, 0) is 41.8 Å². The molecule has 0 radical (unpaired) electrons. The van der Waals surface area contributed by atoms with Crippen LogP contribution in [0.25, 0.3) is 0 Å². The Bertz CT molecular complexity index is 1290. The van der Waals surface area contributed by atoms with E-state index in [0.29, 0.717) is 23.4 Å². The lowest BCUT2D eigenvalue weighted by Gasteiger charge is -2.15. The first-order chi connectivity index (χ1) is 16.3. The number of benzene rings is 2. The Morgan fingerprint density at radius 2 is 1.74 bits per heavy atom. The van der Waals surface area contributed by atoms with Gasteiger partial charge in [0.1, 0.15) is 18.0 Å². The summed E-state index contributed by atoms with van der Waals surface area (Å²) in [6.07, 6.45) is 1.35. The van der Waals surface area contributed by atoms with Crippen molar-refractivity contribution in [3.8, 4) is 5.75 Å². The quantitative estimate of drug-likeness (QED) is 0.436. The topological polar surface area (TPSA) is 107 Å². The Kier molecular flexibility index (Phi) is 8.48. The van der Waals surface area contributed by atoms with Gasteiger partial charge in [-0.1, -0.05) is 55.8 Å². The van der Waals surface area contributed by atoms with Crippen LogP contribution in [0.1, 0.15) is 30.2 Å². The zero-order chi connectivity index (χ0) is 24.6. The third-order valence-electron chi connectivity index (χ3n) is 5.16. The molecule has 3 aromatic rings. The van der Waals surface area contributed by atoms with Crippen LogP contribution in [-0.2, 0) is 40.1 Å². The number of aromatic nitrogens is 1. The minimum absolute atomic E-state index is 0.0867. The van der Waals surface area contributed by atoms with Gasteiger partial charge in [0, 0.05) is 12.2 Å². The van der Waals surface area contributed by atoms with Crippen molar-refractivity contribution in [1.82, 2.24) is 9.88 Å². The van der Waals surface area contributed by atoms with Crippen LogP contribution in [0.15, 0.2) is 71.5 Å². The molecule has 3 rings (SSSR count). The molecule has 1 aromatic heterocycles. The fourth-order valence-electron chi connectivity index (χ4n) is 3.52. The van der Waals surface area contributed by atoms with Gasteiger partial charge in [-0.15, -0.1) is 0 Å². The Hall–Kier alpha value is -3.59. The number of carbonyl (C=O) groups excluding carboxylic acids is 1. The van der Waals surface area contributed by atoms with Gasteiger partial charge < -0.3 is 14.6 Å². The Morgan fingerprint density at radius 3 is 2.44 bits per heavy atom. The summed E-state index contributed by atoms with van der Waals surface area (Å²) in [7, 11) is -2.24. The van der Waals surface area contributed by atoms with Crippen LogP contribution in [0.2, 0.25) is 0 Å². The minimum Gasteiger partial charge on any atom is -0.497 e. The lowest BCUT2D eigenvalue weighted by molar-refractivity contribution is -0.121. The van der Waals surface area contributed by atoms with Crippen molar-refractivity contribution in [2.45, 2.75) is 38.6 Å². The summed E-state index contributed by atoms with van der Waals surface area (Å²) in [6, 6.07) is 19.2. The number of aryl methyl sites for hydroxylation is 1. The number of nitrogens with zero attached hydrogens (tertiary/aromatic N) is 1. The molecule has 0 fully saturated rings. The van der Waals surface area contributed by atoms with Gasteiger partial charge in [-0.25, -0.2) is 8.42 Å². The van der Waals surface area contributed by atoms with E-state index >= 15 is 0 Å². The van der Waals surface area contributed by atoms with Crippen molar-refractivity contribution in [3.63, 3.8) is 0 Å². The predicted octanol–water partition coefficient (Wildman–Crippen LogP) is 3.07. The molecule has 0 bridgehead atoms. The molecule has 2 aromatic carbocycles. The molecule has 2 N–H and O–H groups in total. The van der Waals surface area contributed by atoms with E-state index in [1.807, 2.05) is 31.2 Å². The van der Waals surface area contributed by atoms with E-state index in [1.54, 1.807) is 43.5 Å². The molecule has 8 nitrogen and oxygen atoms in total. The van der Waals surface area contributed by atoms with Crippen molar-refractivity contribution >= 4 is 21.6 Å². The highest BCUT2D eigenvalue weighted by molar-refractivity contribution is 7.91. The molecule has 0 saturated carbocycles. The summed E-state index contributed by atoms with van der Waals surface area (Å²) in [5, 5.41) is 2.80. The van der Waals surface area contributed by atoms with Gasteiger partial charge in [-0.3, -0.25) is 14.3 Å². The molecule has 0 aliphatic carbocycles. The van der Waals surface area contributed by atoms with Crippen LogP contribution < -0.4 is 20.3 Å². The molecule has 0 unspecified atom stereocenters. The number of anilines is 1. The number of pyridine rings is 1. The second-order valence-corrected chi connectivity index (χ2v) is 9.58. The smallest absolute Gasteiger partial charge is 0.275 e. The molecular formula is C25H29N3O5S. The van der Waals surface area contributed by atoms with Gasteiger partial charge in [0.25, 0.3) is 5.56 Å². The average molecular weight is 484 g/mol. The van der Waals surface area contributed by atoms with E-state index in [-0.39, 0.29) is 30.4 Å². The second-order valence-electron chi connectivity index (χ2n) is 7.85. The lowest BCUT2D eigenvalue weighted by Crippen LogP contribution is -2.35. The molecule has 1 heterocycles. The number of nitrogens with one attached hydrogen (secondary N) is 2. The highest BCUT2D eigenvalue weighted by atomic mass is 32.2. The van der Waals surface area contributed by atoms with E-state index in [2.05, 4.69) is 10.0 Å². The number of methoxy groups -OCH3 is 1. The number of sulfonamides is 1. The number of carbonyl (C=O) groups is 1. The molecule has 0 aliphatic heterocycles. The summed E-state index contributed by atoms with van der Waals surface area (Å²) in [5.74, 6) is 0.0700. The summed E-state index contributed by atoms with van der Waals surface area (Å²) in [6.45, 7) is 2.03. The summed E-state index contributed by atoms with van der Waals surface area (Å²) >= 11 is 0. The standard InChI is InChI=1S/C25H29N3O5S/c1-3-8-21-13-14-23(27-34(31,32)18-19-9-5-4-6-10-19)25(30)28(21)17-24(29)26-16-20-11-7-12-22(15-20)33-2/h4-7,9-15,27H,3,8,16-18H2,1-2H3,(H,26,29). The molecule has 9 heteroatoms. The summed E-state index contributed by atoms with van der Waals surface area (Å²) in [5.41, 5.74) is 1.48. The monoisotopic (exact) mass is 483 g/mol. The lowest BCUT2D eigenvalue weighted by atomic mass is 10.2. The largest absolute Gasteiger partial charge is 0.497 e. The number of rotatable bonds is 11. The first-order valence-corrected chi connectivity index (χ1v) is 12.6. The maximum Gasteiger partial charge on any atom is 0.275 e. The van der Waals surface area contributed by atoms with Crippen molar-refractivity contribution in [1.29, 1.82) is 0 Å². The minimum atomic E-state index is -3.81. The highest BCUT2D eigenvalue weighted by Gasteiger charge is 2.17. The first kappa shape index (κ1) is 25.0. The van der Waals surface area contributed by atoms with E-state index in [4.69, 9.17) is 4.74 Å². The van der Waals surface area contributed by atoms with Crippen LogP contribution in [0.3, 0.4) is 0 Å². The van der Waals surface area contributed by atoms with E-state index < -0.39 is 15.6 Å². The number of hydrogen-bond acceptors (Lipinski definition) is 5. The van der Waals surface area contributed by atoms with Crippen molar-refractivity contribution < 1.29 is 17.9 Å². The third kappa shape index (κ3) is 6.95. The van der Waals surface area contributed by atoms with Crippen LogP contribution in [-0.4, -0.2) is 26.0 Å². The van der Waals surface area contributed by atoms with Crippen LogP contribution in [0.4, 0.5) is 5.69 Å². The highest BCUT2D eigenvalue weighted by Crippen LogP contribution is 2.13. The molecule has 1 amide bonds. The molecule has 0 aliphatic rings.